The molecule has 1 unspecified atom stereocenters. The Morgan fingerprint density at radius 3 is 2.83 bits per heavy atom. The van der Waals surface area contributed by atoms with Crippen molar-refractivity contribution in [3.05, 3.63) is 24.3 Å². The Bertz CT molecular complexity index is 658. The smallest absolute Gasteiger partial charge is 0.317 e. The number of carbonyl (C=O) groups is 1. The predicted octanol–water partition coefficient (Wildman–Crippen LogP) is 2.34. The molecule has 6 heteroatoms. The van der Waals surface area contributed by atoms with Crippen molar-refractivity contribution in [1.82, 2.24) is 20.2 Å². The first-order valence-corrected chi connectivity index (χ1v) is 8.55. The normalized spacial score (nSPS) is 21.8. The second-order valence-electron chi connectivity index (χ2n) is 6.51. The van der Waals surface area contributed by atoms with Crippen LogP contribution in [-0.2, 0) is 0 Å². The number of benzene rings is 1. The van der Waals surface area contributed by atoms with Crippen LogP contribution in [0.25, 0.3) is 11.0 Å². The molecule has 0 spiro atoms. The van der Waals surface area contributed by atoms with Crippen molar-refractivity contribution in [3.63, 3.8) is 0 Å². The first-order valence-electron chi connectivity index (χ1n) is 8.55. The van der Waals surface area contributed by atoms with Gasteiger partial charge in [0.05, 0.1) is 11.0 Å². The van der Waals surface area contributed by atoms with Gasteiger partial charge in [-0.15, -0.1) is 0 Å². The van der Waals surface area contributed by atoms with Crippen LogP contribution in [0.5, 0.6) is 0 Å². The summed E-state index contributed by atoms with van der Waals surface area (Å²) in [4.78, 5) is 24.5. The van der Waals surface area contributed by atoms with Gasteiger partial charge in [-0.2, -0.15) is 0 Å². The molecule has 2 amide bonds. The molecule has 0 aliphatic carbocycles. The van der Waals surface area contributed by atoms with Crippen molar-refractivity contribution in [2.45, 2.75) is 31.7 Å². The summed E-state index contributed by atoms with van der Waals surface area (Å²) in [5, 5.41) is 3.20. The number of nitrogens with zero attached hydrogens (tertiary/aromatic N) is 3. The Kier molecular flexibility index (Phi) is 3.81. The van der Waals surface area contributed by atoms with Crippen molar-refractivity contribution < 1.29 is 4.79 Å². The Balaban J connectivity index is 1.43. The third-order valence-electron chi connectivity index (χ3n) is 4.82. The lowest BCUT2D eigenvalue weighted by molar-refractivity contribution is 0.202. The van der Waals surface area contributed by atoms with E-state index < -0.39 is 0 Å². The zero-order chi connectivity index (χ0) is 15.6. The van der Waals surface area contributed by atoms with Crippen LogP contribution in [0.4, 0.5) is 10.7 Å². The van der Waals surface area contributed by atoms with E-state index in [2.05, 4.69) is 20.2 Å². The summed E-state index contributed by atoms with van der Waals surface area (Å²) in [7, 11) is 0. The molecular weight excluding hydrogens is 290 g/mol. The Morgan fingerprint density at radius 1 is 1.17 bits per heavy atom. The largest absolute Gasteiger partial charge is 0.340 e. The molecule has 23 heavy (non-hydrogen) atoms. The minimum atomic E-state index is 0.0963. The van der Waals surface area contributed by atoms with Gasteiger partial charge in [-0.05, 0) is 37.8 Å². The molecular formula is C17H23N5O. The number of fused-ring (bicyclic) bond motifs is 1. The number of rotatable bonds is 2. The van der Waals surface area contributed by atoms with Crippen molar-refractivity contribution >= 4 is 23.0 Å². The summed E-state index contributed by atoms with van der Waals surface area (Å²) in [5.41, 5.74) is 2.05. The summed E-state index contributed by atoms with van der Waals surface area (Å²) in [6.45, 7) is 3.59. The Labute approximate surface area is 135 Å². The summed E-state index contributed by atoms with van der Waals surface area (Å²) in [6, 6.07) is 8.37. The fourth-order valence-corrected chi connectivity index (χ4v) is 3.56. The molecule has 0 saturated carbocycles. The van der Waals surface area contributed by atoms with Gasteiger partial charge in [-0.3, -0.25) is 0 Å². The third kappa shape index (κ3) is 2.98. The number of nitrogens with one attached hydrogen (secondary N) is 2. The number of amides is 2. The van der Waals surface area contributed by atoms with Gasteiger partial charge in [-0.1, -0.05) is 12.1 Å². The quantitative estimate of drug-likeness (QED) is 0.894. The average molecular weight is 313 g/mol. The van der Waals surface area contributed by atoms with Gasteiger partial charge in [0.25, 0.3) is 0 Å². The number of carbonyl (C=O) groups excluding carboxylic acids is 1. The number of aromatic nitrogens is 2. The number of anilines is 1. The predicted molar refractivity (Wildman–Crippen MR) is 90.7 cm³/mol. The number of imidazole rings is 1. The van der Waals surface area contributed by atoms with Crippen LogP contribution in [0.2, 0.25) is 0 Å². The summed E-state index contributed by atoms with van der Waals surface area (Å²) in [5.74, 6) is 0.909. The van der Waals surface area contributed by atoms with Crippen molar-refractivity contribution in [1.29, 1.82) is 0 Å². The monoisotopic (exact) mass is 313 g/mol. The molecule has 2 aliphatic rings. The molecule has 2 aromatic rings. The number of piperidine rings is 1. The molecule has 2 aliphatic heterocycles. The van der Waals surface area contributed by atoms with Gasteiger partial charge in [0, 0.05) is 32.2 Å². The highest BCUT2D eigenvalue weighted by molar-refractivity contribution is 5.77. The molecule has 3 heterocycles. The van der Waals surface area contributed by atoms with Crippen molar-refractivity contribution in [2.75, 3.05) is 31.1 Å². The lowest BCUT2D eigenvalue weighted by Gasteiger charge is -2.33. The maximum Gasteiger partial charge on any atom is 0.317 e. The molecule has 2 saturated heterocycles. The van der Waals surface area contributed by atoms with E-state index >= 15 is 0 Å². The van der Waals surface area contributed by atoms with Crippen LogP contribution in [0, 0.1) is 0 Å². The average Bonchev–Trinajstić information content (AvgIpc) is 3.24. The molecule has 4 rings (SSSR count). The van der Waals surface area contributed by atoms with E-state index in [1.54, 1.807) is 0 Å². The minimum absolute atomic E-state index is 0.0963. The van der Waals surface area contributed by atoms with Crippen molar-refractivity contribution in [2.24, 2.45) is 0 Å². The standard InChI is InChI=1S/C17H23N5O/c23-17(21-9-3-4-10-21)18-13-6-5-11-22(12-13)16-19-14-7-1-2-8-15(14)20-16/h1-2,7-8,13H,3-6,9-12H2,(H,18,23)(H,19,20). The van der Waals surface area contributed by atoms with E-state index in [-0.39, 0.29) is 12.1 Å². The molecule has 1 aromatic heterocycles. The number of para-hydroxylation sites is 2. The number of hydrogen-bond acceptors (Lipinski definition) is 3. The molecule has 0 bridgehead atoms. The number of aromatic amines is 1. The van der Waals surface area contributed by atoms with Crippen LogP contribution < -0.4 is 10.2 Å². The van der Waals surface area contributed by atoms with E-state index in [0.717, 1.165) is 68.8 Å². The third-order valence-corrected chi connectivity index (χ3v) is 4.82. The SMILES string of the molecule is O=C(NC1CCCN(c2nc3ccccc3[nH]2)C1)N1CCCC1. The number of hydrogen-bond donors (Lipinski definition) is 2. The molecule has 6 nitrogen and oxygen atoms in total. The van der Waals surface area contributed by atoms with Crippen LogP contribution >= 0.6 is 0 Å². The fourth-order valence-electron chi connectivity index (χ4n) is 3.56. The van der Waals surface area contributed by atoms with Crippen LogP contribution in [0.1, 0.15) is 25.7 Å². The van der Waals surface area contributed by atoms with Gasteiger partial charge >= 0.3 is 6.03 Å². The lowest BCUT2D eigenvalue weighted by atomic mass is 10.1. The topological polar surface area (TPSA) is 64.3 Å². The number of likely N-dealkylation sites (tertiary alicyclic amines) is 1. The lowest BCUT2D eigenvalue weighted by Crippen LogP contribution is -2.51. The Morgan fingerprint density at radius 2 is 2.00 bits per heavy atom. The maximum atomic E-state index is 12.3. The molecule has 2 N–H and O–H groups in total. The van der Waals surface area contributed by atoms with Gasteiger partial charge in [0.1, 0.15) is 0 Å². The Hall–Kier alpha value is -2.24. The van der Waals surface area contributed by atoms with Crippen molar-refractivity contribution in [3.8, 4) is 0 Å². The van der Waals surface area contributed by atoms with Gasteiger partial charge in [-0.25, -0.2) is 9.78 Å². The second kappa shape index (κ2) is 6.10. The van der Waals surface area contributed by atoms with Crippen LogP contribution in [0.15, 0.2) is 24.3 Å². The maximum absolute atomic E-state index is 12.3. The van der Waals surface area contributed by atoms with Gasteiger partial charge < -0.3 is 20.1 Å². The highest BCUT2D eigenvalue weighted by atomic mass is 16.2. The van der Waals surface area contributed by atoms with Crippen LogP contribution in [0.3, 0.4) is 0 Å². The van der Waals surface area contributed by atoms with Gasteiger partial charge in [0.15, 0.2) is 0 Å². The molecule has 0 radical (unpaired) electrons. The molecule has 1 atom stereocenters. The summed E-state index contributed by atoms with van der Waals surface area (Å²) < 4.78 is 0. The van der Waals surface area contributed by atoms with E-state index in [4.69, 9.17) is 0 Å². The molecule has 122 valence electrons. The summed E-state index contributed by atoms with van der Waals surface area (Å²) >= 11 is 0. The molecule has 1 aromatic carbocycles. The van der Waals surface area contributed by atoms with E-state index in [0.29, 0.717) is 0 Å². The zero-order valence-corrected chi connectivity index (χ0v) is 13.3. The first-order chi connectivity index (χ1) is 11.3. The summed E-state index contributed by atoms with van der Waals surface area (Å²) in [6.07, 6.45) is 4.37. The van der Waals surface area contributed by atoms with Gasteiger partial charge in [0.2, 0.25) is 5.95 Å². The zero-order valence-electron chi connectivity index (χ0n) is 13.3. The minimum Gasteiger partial charge on any atom is -0.340 e. The van der Waals surface area contributed by atoms with E-state index in [1.807, 2.05) is 29.2 Å². The van der Waals surface area contributed by atoms with Crippen LogP contribution in [-0.4, -0.2) is 53.1 Å². The highest BCUT2D eigenvalue weighted by Gasteiger charge is 2.26. The first kappa shape index (κ1) is 14.4. The molecule has 2 fully saturated rings. The highest BCUT2D eigenvalue weighted by Crippen LogP contribution is 2.21. The van der Waals surface area contributed by atoms with E-state index in [9.17, 15) is 4.79 Å². The van der Waals surface area contributed by atoms with E-state index in [1.165, 1.54) is 0 Å². The number of H-pyrrole nitrogens is 1. The number of urea groups is 1. The second-order valence-corrected chi connectivity index (χ2v) is 6.51. The fraction of sp³-hybridized carbons (Fsp3) is 0.529.